The highest BCUT2D eigenvalue weighted by atomic mass is 19.1. The van der Waals surface area contributed by atoms with Gasteiger partial charge in [-0.1, -0.05) is 12.1 Å². The van der Waals surface area contributed by atoms with Gasteiger partial charge in [-0.15, -0.1) is 0 Å². The molecule has 8 nitrogen and oxygen atoms in total. The summed E-state index contributed by atoms with van der Waals surface area (Å²) < 4.78 is 20.9. The molecular formula is C22H28FN5O3. The van der Waals surface area contributed by atoms with Crippen LogP contribution in [0.5, 0.6) is 0 Å². The van der Waals surface area contributed by atoms with E-state index in [9.17, 15) is 14.0 Å². The summed E-state index contributed by atoms with van der Waals surface area (Å²) in [5, 5.41) is 7.36. The Kier molecular flexibility index (Phi) is 6.62. The van der Waals surface area contributed by atoms with Crippen molar-refractivity contribution in [3.05, 3.63) is 47.0 Å². The van der Waals surface area contributed by atoms with Gasteiger partial charge in [-0.3, -0.25) is 14.5 Å². The fourth-order valence-electron chi connectivity index (χ4n) is 4.24. The number of hydrogen-bond acceptors (Lipinski definition) is 5. The molecule has 2 aliphatic rings. The van der Waals surface area contributed by atoms with Gasteiger partial charge in [0.25, 0.3) is 5.91 Å². The zero-order valence-corrected chi connectivity index (χ0v) is 17.8. The lowest BCUT2D eigenvalue weighted by Crippen LogP contribution is -2.51. The number of rotatable bonds is 7. The summed E-state index contributed by atoms with van der Waals surface area (Å²) >= 11 is 0. The fraction of sp³-hybridized carbons (Fsp3) is 0.500. The second kappa shape index (κ2) is 9.57. The van der Waals surface area contributed by atoms with E-state index >= 15 is 0 Å². The summed E-state index contributed by atoms with van der Waals surface area (Å²) in [7, 11) is 1.59. The molecule has 0 radical (unpaired) electrons. The Morgan fingerprint density at radius 3 is 2.68 bits per heavy atom. The van der Waals surface area contributed by atoms with E-state index in [0.29, 0.717) is 57.3 Å². The van der Waals surface area contributed by atoms with Gasteiger partial charge < -0.3 is 15.0 Å². The van der Waals surface area contributed by atoms with Crippen LogP contribution in [0, 0.1) is 5.82 Å². The van der Waals surface area contributed by atoms with Gasteiger partial charge in [0.15, 0.2) is 5.69 Å². The molecule has 9 heteroatoms. The van der Waals surface area contributed by atoms with Crippen molar-refractivity contribution in [1.29, 1.82) is 0 Å². The fourth-order valence-corrected chi connectivity index (χ4v) is 4.24. The van der Waals surface area contributed by atoms with Crippen LogP contribution in [0.3, 0.4) is 0 Å². The first-order valence-electron chi connectivity index (χ1n) is 10.7. The number of aromatic nitrogens is 2. The lowest BCUT2D eigenvalue weighted by Gasteiger charge is -2.34. The summed E-state index contributed by atoms with van der Waals surface area (Å²) in [6.07, 6.45) is 2.51. The van der Waals surface area contributed by atoms with Crippen LogP contribution in [-0.2, 0) is 22.4 Å². The zero-order chi connectivity index (χ0) is 21.8. The molecule has 1 N–H and O–H groups in total. The summed E-state index contributed by atoms with van der Waals surface area (Å²) in [5.41, 5.74) is 2.68. The second-order valence-corrected chi connectivity index (χ2v) is 7.90. The van der Waals surface area contributed by atoms with Crippen molar-refractivity contribution in [2.75, 3.05) is 53.0 Å². The third-order valence-corrected chi connectivity index (χ3v) is 5.87. The summed E-state index contributed by atoms with van der Waals surface area (Å²) in [5.74, 6) is -0.508. The third-order valence-electron chi connectivity index (χ3n) is 5.87. The van der Waals surface area contributed by atoms with Crippen molar-refractivity contribution in [1.82, 2.24) is 24.9 Å². The molecule has 1 aromatic heterocycles. The normalized spacial score (nSPS) is 16.4. The Morgan fingerprint density at radius 2 is 1.94 bits per heavy atom. The number of fused-ring (bicyclic) bond motifs is 1. The SMILES string of the molecule is COCCNC(=O)CN1CCN(C(=O)c2nn(-c3ccccc3F)c3c2CCC3)CC1. The third kappa shape index (κ3) is 4.62. The first-order chi connectivity index (χ1) is 15.1. The highest BCUT2D eigenvalue weighted by Gasteiger charge is 2.31. The van der Waals surface area contributed by atoms with Crippen LogP contribution in [0.1, 0.15) is 28.2 Å². The lowest BCUT2D eigenvalue weighted by molar-refractivity contribution is -0.122. The second-order valence-electron chi connectivity index (χ2n) is 7.90. The number of halogens is 1. The molecule has 4 rings (SSSR count). The molecule has 0 bridgehead atoms. The van der Waals surface area contributed by atoms with Gasteiger partial charge in [0.2, 0.25) is 5.91 Å². The largest absolute Gasteiger partial charge is 0.383 e. The maximum atomic E-state index is 14.4. The van der Waals surface area contributed by atoms with Gasteiger partial charge in [-0.2, -0.15) is 5.10 Å². The summed E-state index contributed by atoms with van der Waals surface area (Å²) in [6, 6.07) is 6.51. The molecule has 2 aromatic rings. The average Bonchev–Trinajstić information content (AvgIpc) is 3.37. The first kappa shape index (κ1) is 21.5. The Balaban J connectivity index is 1.42. The predicted molar refractivity (Wildman–Crippen MR) is 113 cm³/mol. The number of hydrogen-bond donors (Lipinski definition) is 1. The van der Waals surface area contributed by atoms with Crippen molar-refractivity contribution in [3.63, 3.8) is 0 Å². The molecule has 2 amide bonds. The van der Waals surface area contributed by atoms with E-state index in [4.69, 9.17) is 4.74 Å². The van der Waals surface area contributed by atoms with E-state index in [-0.39, 0.29) is 17.6 Å². The number of nitrogens with one attached hydrogen (secondary N) is 1. The number of benzene rings is 1. The molecule has 1 fully saturated rings. The minimum absolute atomic E-state index is 0.0433. The molecule has 1 aromatic carbocycles. The van der Waals surface area contributed by atoms with Gasteiger partial charge >= 0.3 is 0 Å². The van der Waals surface area contributed by atoms with E-state index in [1.54, 1.807) is 34.9 Å². The molecule has 1 saturated heterocycles. The van der Waals surface area contributed by atoms with Crippen molar-refractivity contribution in [3.8, 4) is 5.69 Å². The van der Waals surface area contributed by atoms with E-state index in [1.807, 2.05) is 4.90 Å². The quantitative estimate of drug-likeness (QED) is 0.665. The van der Waals surface area contributed by atoms with Gasteiger partial charge in [0, 0.05) is 51.1 Å². The number of carbonyl (C=O) groups excluding carboxylic acids is 2. The van der Waals surface area contributed by atoms with Gasteiger partial charge in [0.05, 0.1) is 13.2 Å². The van der Waals surface area contributed by atoms with Crippen molar-refractivity contribution < 1.29 is 18.7 Å². The average molecular weight is 429 g/mol. The monoisotopic (exact) mass is 429 g/mol. The number of piperazine rings is 1. The van der Waals surface area contributed by atoms with Crippen LogP contribution < -0.4 is 5.32 Å². The molecule has 0 atom stereocenters. The van der Waals surface area contributed by atoms with Crippen molar-refractivity contribution in [2.45, 2.75) is 19.3 Å². The van der Waals surface area contributed by atoms with Crippen LogP contribution in [0.4, 0.5) is 4.39 Å². The van der Waals surface area contributed by atoms with E-state index < -0.39 is 0 Å². The molecule has 0 spiro atoms. The molecule has 2 heterocycles. The van der Waals surface area contributed by atoms with Gasteiger partial charge in [-0.25, -0.2) is 9.07 Å². The Bertz CT molecular complexity index is 953. The van der Waals surface area contributed by atoms with Crippen molar-refractivity contribution in [2.24, 2.45) is 0 Å². The Labute approximate surface area is 180 Å². The molecule has 0 unspecified atom stereocenters. The van der Waals surface area contributed by atoms with Crippen LogP contribution in [0.2, 0.25) is 0 Å². The lowest BCUT2D eigenvalue weighted by atomic mass is 10.1. The van der Waals surface area contributed by atoms with Crippen LogP contribution in [0.15, 0.2) is 24.3 Å². The summed E-state index contributed by atoms with van der Waals surface area (Å²) in [4.78, 5) is 29.0. The topological polar surface area (TPSA) is 79.7 Å². The van der Waals surface area contributed by atoms with Crippen LogP contribution in [0.25, 0.3) is 5.69 Å². The molecule has 166 valence electrons. The zero-order valence-electron chi connectivity index (χ0n) is 17.8. The molecule has 31 heavy (non-hydrogen) atoms. The van der Waals surface area contributed by atoms with E-state index in [1.165, 1.54) is 6.07 Å². The van der Waals surface area contributed by atoms with Gasteiger partial charge in [-0.05, 0) is 31.4 Å². The predicted octanol–water partition coefficient (Wildman–Crippen LogP) is 1.02. The number of carbonyl (C=O) groups is 2. The number of amides is 2. The van der Waals surface area contributed by atoms with Crippen LogP contribution in [-0.4, -0.2) is 84.4 Å². The molecule has 1 aliphatic heterocycles. The first-order valence-corrected chi connectivity index (χ1v) is 10.7. The number of ether oxygens (including phenoxy) is 1. The molecular weight excluding hydrogens is 401 g/mol. The molecule has 1 aliphatic carbocycles. The highest BCUT2D eigenvalue weighted by Crippen LogP contribution is 2.29. The Morgan fingerprint density at radius 1 is 1.16 bits per heavy atom. The van der Waals surface area contributed by atoms with Crippen LogP contribution >= 0.6 is 0 Å². The standard InChI is InChI=1S/C22H28FN5O3/c1-31-14-9-24-20(29)15-26-10-12-27(13-11-26)22(30)21-16-5-4-8-18(16)28(25-21)19-7-3-2-6-17(19)23/h2-3,6-7H,4-5,8-15H2,1H3,(H,24,29). The maximum absolute atomic E-state index is 14.4. The highest BCUT2D eigenvalue weighted by molar-refractivity contribution is 5.94. The minimum atomic E-state index is -0.351. The van der Waals surface area contributed by atoms with E-state index in [0.717, 1.165) is 30.5 Å². The number of nitrogens with zero attached hydrogens (tertiary/aromatic N) is 4. The smallest absolute Gasteiger partial charge is 0.274 e. The maximum Gasteiger partial charge on any atom is 0.274 e. The number of para-hydroxylation sites is 1. The van der Waals surface area contributed by atoms with E-state index in [2.05, 4.69) is 10.4 Å². The summed E-state index contributed by atoms with van der Waals surface area (Å²) in [6.45, 7) is 3.60. The minimum Gasteiger partial charge on any atom is -0.383 e. The molecule has 0 saturated carbocycles. The van der Waals surface area contributed by atoms with Gasteiger partial charge in [0.1, 0.15) is 11.5 Å². The van der Waals surface area contributed by atoms with Crippen molar-refractivity contribution >= 4 is 11.8 Å². The Hall–Kier alpha value is -2.78. The number of methoxy groups -OCH3 is 1.